The average molecular weight is 350 g/mol. The van der Waals surface area contributed by atoms with Gasteiger partial charge in [-0.25, -0.2) is 4.98 Å². The molecule has 0 amide bonds. The lowest BCUT2D eigenvalue weighted by atomic mass is 9.98. The van der Waals surface area contributed by atoms with Gasteiger partial charge in [-0.2, -0.15) is 0 Å². The number of nitrogens with one attached hydrogen (secondary N) is 1. The summed E-state index contributed by atoms with van der Waals surface area (Å²) >= 11 is 0. The normalized spacial score (nSPS) is 13.5. The summed E-state index contributed by atoms with van der Waals surface area (Å²) in [7, 11) is 0. The van der Waals surface area contributed by atoms with Crippen LogP contribution in [-0.4, -0.2) is 36.5 Å². The van der Waals surface area contributed by atoms with Crippen LogP contribution in [0.3, 0.4) is 0 Å². The molecule has 0 saturated carbocycles. The minimum Gasteiger partial charge on any atom is -0.490 e. The Labute approximate surface area is 152 Å². The predicted molar refractivity (Wildman–Crippen MR) is 103 cm³/mol. The molecule has 0 radical (unpaired) electrons. The molecule has 2 N–H and O–H groups in total. The van der Waals surface area contributed by atoms with Gasteiger partial charge in [-0.1, -0.05) is 29.8 Å². The number of ether oxygens (including phenoxy) is 2. The molecule has 0 aliphatic carbocycles. The second kappa shape index (κ2) is 7.22. The number of hydrogen-bond acceptors (Lipinski definition) is 5. The third kappa shape index (κ3) is 3.18. The van der Waals surface area contributed by atoms with Gasteiger partial charge in [-0.3, -0.25) is 0 Å². The lowest BCUT2D eigenvalue weighted by Crippen LogP contribution is -2.07. The summed E-state index contributed by atoms with van der Waals surface area (Å²) in [5.74, 6) is 2.24. The standard InChI is InChI=1S/C21H22N2O3/c1-14-4-2-5-15(10-14)18-13-23-21(22-6-7-24)17-12-20-19(11-16(17)18)25-8-3-9-26-20/h2,4-5,10-13,24H,3,6-9H2,1H3,(H,22,23). The highest BCUT2D eigenvalue weighted by Crippen LogP contribution is 2.40. The molecule has 1 aliphatic heterocycles. The van der Waals surface area contributed by atoms with E-state index in [0.717, 1.165) is 45.6 Å². The van der Waals surface area contributed by atoms with E-state index >= 15 is 0 Å². The summed E-state index contributed by atoms with van der Waals surface area (Å²) in [5.41, 5.74) is 3.37. The number of aryl methyl sites for hydroxylation is 1. The van der Waals surface area contributed by atoms with Gasteiger partial charge in [-0.05, 0) is 30.0 Å². The van der Waals surface area contributed by atoms with Gasteiger partial charge in [0.25, 0.3) is 0 Å². The Kier molecular flexibility index (Phi) is 4.63. The number of aliphatic hydroxyl groups is 1. The van der Waals surface area contributed by atoms with Crippen molar-refractivity contribution >= 4 is 16.6 Å². The molecule has 134 valence electrons. The largest absolute Gasteiger partial charge is 0.490 e. The van der Waals surface area contributed by atoms with Crippen LogP contribution >= 0.6 is 0 Å². The molecular weight excluding hydrogens is 328 g/mol. The first-order chi connectivity index (χ1) is 12.8. The molecule has 1 aromatic heterocycles. The molecule has 0 unspecified atom stereocenters. The molecule has 26 heavy (non-hydrogen) atoms. The van der Waals surface area contributed by atoms with Gasteiger partial charge < -0.3 is 19.9 Å². The monoisotopic (exact) mass is 350 g/mol. The van der Waals surface area contributed by atoms with Crippen molar-refractivity contribution in [3.05, 3.63) is 48.2 Å². The van der Waals surface area contributed by atoms with E-state index in [0.29, 0.717) is 19.8 Å². The zero-order chi connectivity index (χ0) is 17.9. The minimum atomic E-state index is 0.0490. The van der Waals surface area contributed by atoms with Crippen LogP contribution in [0.25, 0.3) is 21.9 Å². The molecule has 2 aromatic carbocycles. The van der Waals surface area contributed by atoms with Crippen LogP contribution in [0, 0.1) is 6.92 Å². The fraction of sp³-hybridized carbons (Fsp3) is 0.286. The molecule has 5 heteroatoms. The van der Waals surface area contributed by atoms with Crippen molar-refractivity contribution in [3.8, 4) is 22.6 Å². The fourth-order valence-electron chi connectivity index (χ4n) is 3.25. The second-order valence-corrected chi connectivity index (χ2v) is 6.44. The third-order valence-electron chi connectivity index (χ3n) is 4.49. The summed E-state index contributed by atoms with van der Waals surface area (Å²) in [4.78, 5) is 4.60. The van der Waals surface area contributed by atoms with Crippen molar-refractivity contribution < 1.29 is 14.6 Å². The van der Waals surface area contributed by atoms with E-state index in [4.69, 9.17) is 14.6 Å². The van der Waals surface area contributed by atoms with E-state index in [1.807, 2.05) is 18.3 Å². The molecule has 4 rings (SSSR count). The molecule has 0 atom stereocenters. The van der Waals surface area contributed by atoms with Crippen molar-refractivity contribution in [1.29, 1.82) is 0 Å². The summed E-state index contributed by atoms with van der Waals surface area (Å²) in [6.07, 6.45) is 2.74. The van der Waals surface area contributed by atoms with E-state index in [-0.39, 0.29) is 6.61 Å². The SMILES string of the molecule is Cc1cccc(-c2cnc(NCCO)c3cc4c(cc23)OCCCO4)c1. The van der Waals surface area contributed by atoms with Crippen LogP contribution in [0.4, 0.5) is 5.82 Å². The van der Waals surface area contributed by atoms with Crippen LogP contribution in [0.15, 0.2) is 42.6 Å². The summed E-state index contributed by atoms with van der Waals surface area (Å²) in [6, 6.07) is 12.4. The third-order valence-corrected chi connectivity index (χ3v) is 4.49. The Balaban J connectivity index is 1.94. The fourth-order valence-corrected chi connectivity index (χ4v) is 3.25. The number of aliphatic hydroxyl groups excluding tert-OH is 1. The lowest BCUT2D eigenvalue weighted by molar-refractivity contribution is 0.297. The smallest absolute Gasteiger partial charge is 0.161 e. The molecule has 1 aliphatic rings. The van der Waals surface area contributed by atoms with E-state index in [9.17, 15) is 0 Å². The predicted octanol–water partition coefficient (Wildman–Crippen LogP) is 3.78. The van der Waals surface area contributed by atoms with E-state index in [1.54, 1.807) is 0 Å². The average Bonchev–Trinajstić information content (AvgIpc) is 2.89. The molecule has 0 fully saturated rings. The quantitative estimate of drug-likeness (QED) is 0.750. The van der Waals surface area contributed by atoms with Crippen molar-refractivity contribution in [2.75, 3.05) is 31.7 Å². The van der Waals surface area contributed by atoms with Crippen LogP contribution in [0.5, 0.6) is 11.5 Å². The first-order valence-electron chi connectivity index (χ1n) is 8.90. The molecule has 5 nitrogen and oxygen atoms in total. The van der Waals surface area contributed by atoms with Crippen molar-refractivity contribution in [2.45, 2.75) is 13.3 Å². The summed E-state index contributed by atoms with van der Waals surface area (Å²) < 4.78 is 11.7. The van der Waals surface area contributed by atoms with Crippen molar-refractivity contribution in [1.82, 2.24) is 4.98 Å². The highest BCUT2D eigenvalue weighted by atomic mass is 16.5. The Bertz CT molecular complexity index is 940. The number of nitrogens with zero attached hydrogens (tertiary/aromatic N) is 1. The lowest BCUT2D eigenvalue weighted by Gasteiger charge is -2.15. The Morgan fingerprint density at radius 1 is 1.08 bits per heavy atom. The summed E-state index contributed by atoms with van der Waals surface area (Å²) in [6.45, 7) is 3.87. The number of benzene rings is 2. The van der Waals surface area contributed by atoms with Gasteiger partial charge in [-0.15, -0.1) is 0 Å². The second-order valence-electron chi connectivity index (χ2n) is 6.44. The zero-order valence-electron chi connectivity index (χ0n) is 14.8. The minimum absolute atomic E-state index is 0.0490. The number of aromatic nitrogens is 1. The number of anilines is 1. The zero-order valence-corrected chi connectivity index (χ0v) is 14.8. The Morgan fingerprint density at radius 3 is 2.58 bits per heavy atom. The highest BCUT2D eigenvalue weighted by molar-refractivity contribution is 6.03. The molecular formula is C21H22N2O3. The van der Waals surface area contributed by atoms with Crippen LogP contribution in [0.2, 0.25) is 0 Å². The maximum atomic E-state index is 9.16. The van der Waals surface area contributed by atoms with E-state index < -0.39 is 0 Å². The van der Waals surface area contributed by atoms with Crippen molar-refractivity contribution in [2.24, 2.45) is 0 Å². The first-order valence-corrected chi connectivity index (χ1v) is 8.90. The molecule has 2 heterocycles. The molecule has 3 aromatic rings. The highest BCUT2D eigenvalue weighted by Gasteiger charge is 2.17. The topological polar surface area (TPSA) is 63.6 Å². The molecule has 0 spiro atoms. The maximum Gasteiger partial charge on any atom is 0.161 e. The number of rotatable bonds is 4. The van der Waals surface area contributed by atoms with Crippen molar-refractivity contribution in [3.63, 3.8) is 0 Å². The summed E-state index contributed by atoms with van der Waals surface area (Å²) in [5, 5.41) is 14.4. The van der Waals surface area contributed by atoms with Crippen LogP contribution < -0.4 is 14.8 Å². The van der Waals surface area contributed by atoms with Gasteiger partial charge in [0.15, 0.2) is 11.5 Å². The maximum absolute atomic E-state index is 9.16. The Hall–Kier alpha value is -2.79. The number of fused-ring (bicyclic) bond motifs is 2. The first kappa shape index (κ1) is 16.7. The number of hydrogen-bond donors (Lipinski definition) is 2. The van der Waals surface area contributed by atoms with Gasteiger partial charge >= 0.3 is 0 Å². The van der Waals surface area contributed by atoms with E-state index in [1.165, 1.54) is 5.56 Å². The van der Waals surface area contributed by atoms with Crippen LogP contribution in [-0.2, 0) is 0 Å². The van der Waals surface area contributed by atoms with Gasteiger partial charge in [0.1, 0.15) is 5.82 Å². The van der Waals surface area contributed by atoms with Gasteiger partial charge in [0.05, 0.1) is 19.8 Å². The van der Waals surface area contributed by atoms with Crippen LogP contribution in [0.1, 0.15) is 12.0 Å². The molecule has 0 bridgehead atoms. The van der Waals surface area contributed by atoms with Gasteiger partial charge in [0.2, 0.25) is 0 Å². The van der Waals surface area contributed by atoms with Gasteiger partial charge in [0, 0.05) is 30.1 Å². The number of pyridine rings is 1. The van der Waals surface area contributed by atoms with E-state index in [2.05, 4.69) is 41.5 Å². The Morgan fingerprint density at radius 2 is 1.85 bits per heavy atom. The molecule has 0 saturated heterocycles.